The minimum absolute atomic E-state index is 0.148. The van der Waals surface area contributed by atoms with E-state index in [1.807, 2.05) is 65.3 Å². The quantitative estimate of drug-likeness (QED) is 0.679. The van der Waals surface area contributed by atoms with Crippen molar-refractivity contribution in [2.45, 2.75) is 18.3 Å². The number of rotatable bonds is 5. The van der Waals surface area contributed by atoms with Crippen molar-refractivity contribution >= 4 is 28.7 Å². The Balaban J connectivity index is 1.85. The van der Waals surface area contributed by atoms with E-state index in [0.29, 0.717) is 5.16 Å². The van der Waals surface area contributed by atoms with Crippen molar-refractivity contribution in [2.75, 3.05) is 12.3 Å². The standard InChI is InChI=1S/C18H16F3N3OS/c1-12-6-8-13(9-7-12)24-15-5-3-2-4-14(15)23-17(24)26-10-16(25)22-11-18(19,20)21/h2-9H,10-11H2,1H3,(H,22,25). The average molecular weight is 379 g/mol. The number of thioether (sulfide) groups is 1. The van der Waals surface area contributed by atoms with E-state index in [1.165, 1.54) is 0 Å². The molecule has 4 nitrogen and oxygen atoms in total. The van der Waals surface area contributed by atoms with Gasteiger partial charge in [-0.1, -0.05) is 41.6 Å². The first-order valence-electron chi connectivity index (χ1n) is 7.84. The van der Waals surface area contributed by atoms with Gasteiger partial charge in [-0.05, 0) is 31.2 Å². The summed E-state index contributed by atoms with van der Waals surface area (Å²) in [6.07, 6.45) is -4.42. The minimum atomic E-state index is -4.42. The number of benzene rings is 2. The molecule has 0 fully saturated rings. The lowest BCUT2D eigenvalue weighted by Gasteiger charge is -2.10. The first kappa shape index (κ1) is 18.3. The van der Waals surface area contributed by atoms with Gasteiger partial charge in [0.2, 0.25) is 5.91 Å². The molecule has 0 unspecified atom stereocenters. The molecule has 8 heteroatoms. The summed E-state index contributed by atoms with van der Waals surface area (Å²) in [6, 6.07) is 15.3. The molecule has 1 amide bonds. The van der Waals surface area contributed by atoms with Crippen molar-refractivity contribution in [3.63, 3.8) is 0 Å². The van der Waals surface area contributed by atoms with Gasteiger partial charge in [0.1, 0.15) is 6.54 Å². The molecule has 1 heterocycles. The first-order valence-corrected chi connectivity index (χ1v) is 8.83. The maximum absolute atomic E-state index is 12.2. The summed E-state index contributed by atoms with van der Waals surface area (Å²) in [4.78, 5) is 16.2. The Kier molecular flexibility index (Phi) is 5.22. The Morgan fingerprint density at radius 2 is 1.85 bits per heavy atom. The molecule has 26 heavy (non-hydrogen) atoms. The van der Waals surface area contributed by atoms with Crippen LogP contribution in [0.15, 0.2) is 53.7 Å². The Hall–Kier alpha value is -2.48. The number of imidazole rings is 1. The van der Waals surface area contributed by atoms with Crippen molar-refractivity contribution in [1.82, 2.24) is 14.9 Å². The van der Waals surface area contributed by atoms with Gasteiger partial charge in [0.25, 0.3) is 0 Å². The van der Waals surface area contributed by atoms with Gasteiger partial charge in [-0.3, -0.25) is 9.36 Å². The summed E-state index contributed by atoms with van der Waals surface area (Å²) < 4.78 is 38.5. The van der Waals surface area contributed by atoms with Crippen molar-refractivity contribution in [3.8, 4) is 5.69 Å². The summed E-state index contributed by atoms with van der Waals surface area (Å²) in [7, 11) is 0. The highest BCUT2D eigenvalue weighted by Crippen LogP contribution is 2.28. The second-order valence-electron chi connectivity index (χ2n) is 5.73. The number of carbonyl (C=O) groups excluding carboxylic acids is 1. The number of amides is 1. The van der Waals surface area contributed by atoms with Gasteiger partial charge >= 0.3 is 6.18 Å². The topological polar surface area (TPSA) is 46.9 Å². The predicted molar refractivity (Wildman–Crippen MR) is 95.6 cm³/mol. The van der Waals surface area contributed by atoms with E-state index in [4.69, 9.17) is 0 Å². The van der Waals surface area contributed by atoms with Crippen LogP contribution in [0.2, 0.25) is 0 Å². The molecule has 1 aromatic heterocycles. The number of halogens is 3. The molecule has 1 N–H and O–H groups in total. The second-order valence-corrected chi connectivity index (χ2v) is 6.68. The van der Waals surface area contributed by atoms with Crippen LogP contribution in [0.1, 0.15) is 5.56 Å². The zero-order valence-corrected chi connectivity index (χ0v) is 14.7. The molecule has 0 aliphatic rings. The van der Waals surface area contributed by atoms with Crippen LogP contribution in [-0.2, 0) is 4.79 Å². The molecular weight excluding hydrogens is 363 g/mol. The Labute approximate surface area is 152 Å². The van der Waals surface area contributed by atoms with Crippen molar-refractivity contribution < 1.29 is 18.0 Å². The van der Waals surface area contributed by atoms with Crippen molar-refractivity contribution in [1.29, 1.82) is 0 Å². The lowest BCUT2D eigenvalue weighted by atomic mass is 10.2. The molecule has 0 spiro atoms. The number of aryl methyl sites for hydroxylation is 1. The zero-order chi connectivity index (χ0) is 18.7. The fourth-order valence-corrected chi connectivity index (χ4v) is 3.28. The van der Waals surface area contributed by atoms with E-state index in [9.17, 15) is 18.0 Å². The second kappa shape index (κ2) is 7.41. The summed E-state index contributed by atoms with van der Waals surface area (Å²) in [5, 5.41) is 2.42. The van der Waals surface area contributed by atoms with E-state index in [2.05, 4.69) is 4.98 Å². The largest absolute Gasteiger partial charge is 0.405 e. The molecule has 2 aromatic carbocycles. The van der Waals surface area contributed by atoms with Crippen molar-refractivity contribution in [3.05, 3.63) is 54.1 Å². The molecule has 0 radical (unpaired) electrons. The number of carbonyl (C=O) groups is 1. The molecule has 136 valence electrons. The smallest absolute Gasteiger partial charge is 0.346 e. The Bertz CT molecular complexity index is 920. The fraction of sp³-hybridized carbons (Fsp3) is 0.222. The molecule has 0 atom stereocenters. The van der Waals surface area contributed by atoms with E-state index >= 15 is 0 Å². The number of nitrogens with one attached hydrogen (secondary N) is 1. The molecule has 0 aliphatic heterocycles. The maximum atomic E-state index is 12.2. The normalized spacial score (nSPS) is 11.7. The van der Waals surface area contributed by atoms with Crippen LogP contribution < -0.4 is 5.32 Å². The van der Waals surface area contributed by atoms with Gasteiger partial charge in [0.15, 0.2) is 5.16 Å². The van der Waals surface area contributed by atoms with Gasteiger partial charge < -0.3 is 5.32 Å². The summed E-state index contributed by atoms with van der Waals surface area (Å²) in [6.45, 7) is 0.650. The first-order chi connectivity index (χ1) is 12.3. The highest BCUT2D eigenvalue weighted by molar-refractivity contribution is 7.99. The van der Waals surface area contributed by atoms with Gasteiger partial charge in [0, 0.05) is 5.69 Å². The molecule has 0 bridgehead atoms. The van der Waals surface area contributed by atoms with E-state index in [1.54, 1.807) is 0 Å². The minimum Gasteiger partial charge on any atom is -0.346 e. The third-order valence-corrected chi connectivity index (χ3v) is 4.58. The van der Waals surface area contributed by atoms with E-state index in [-0.39, 0.29) is 5.75 Å². The molecule has 3 rings (SSSR count). The molecule has 0 saturated heterocycles. The fourth-order valence-electron chi connectivity index (χ4n) is 2.42. The van der Waals surface area contributed by atoms with E-state index in [0.717, 1.165) is 34.0 Å². The predicted octanol–water partition coefficient (Wildman–Crippen LogP) is 4.10. The summed E-state index contributed by atoms with van der Waals surface area (Å²) in [5.41, 5.74) is 3.61. The highest BCUT2D eigenvalue weighted by atomic mass is 32.2. The SMILES string of the molecule is Cc1ccc(-n2c(SCC(=O)NCC(F)(F)F)nc3ccccc32)cc1. The van der Waals surface area contributed by atoms with Crippen LogP contribution >= 0.6 is 11.8 Å². The lowest BCUT2D eigenvalue weighted by molar-refractivity contribution is -0.136. The van der Waals surface area contributed by atoms with E-state index < -0.39 is 18.6 Å². The third-order valence-electron chi connectivity index (χ3n) is 3.64. The highest BCUT2D eigenvalue weighted by Gasteiger charge is 2.27. The molecule has 0 aliphatic carbocycles. The Morgan fingerprint density at radius 1 is 1.15 bits per heavy atom. The van der Waals surface area contributed by atoms with Gasteiger partial charge in [-0.15, -0.1) is 0 Å². The molecular formula is C18H16F3N3OS. The van der Waals surface area contributed by atoms with Gasteiger partial charge in [-0.2, -0.15) is 13.2 Å². The van der Waals surface area contributed by atoms with Crippen LogP contribution in [-0.4, -0.2) is 33.9 Å². The number of nitrogens with zero attached hydrogens (tertiary/aromatic N) is 2. The number of para-hydroxylation sites is 2. The molecule has 3 aromatic rings. The Morgan fingerprint density at radius 3 is 2.54 bits per heavy atom. The number of aromatic nitrogens is 2. The van der Waals surface area contributed by atoms with Crippen LogP contribution in [0.3, 0.4) is 0 Å². The van der Waals surface area contributed by atoms with Crippen LogP contribution in [0.25, 0.3) is 16.7 Å². The average Bonchev–Trinajstić information content (AvgIpc) is 2.97. The lowest BCUT2D eigenvalue weighted by Crippen LogP contribution is -2.34. The maximum Gasteiger partial charge on any atom is 0.405 e. The zero-order valence-electron chi connectivity index (χ0n) is 13.9. The van der Waals surface area contributed by atoms with Crippen LogP contribution in [0.4, 0.5) is 13.2 Å². The van der Waals surface area contributed by atoms with Crippen molar-refractivity contribution in [2.24, 2.45) is 0 Å². The third kappa shape index (κ3) is 4.37. The van der Waals surface area contributed by atoms with Gasteiger partial charge in [0.05, 0.1) is 16.8 Å². The van der Waals surface area contributed by atoms with Crippen LogP contribution in [0, 0.1) is 6.92 Å². The number of hydrogen-bond donors (Lipinski definition) is 1. The van der Waals surface area contributed by atoms with Gasteiger partial charge in [-0.25, -0.2) is 4.98 Å². The molecule has 0 saturated carbocycles. The summed E-state index contributed by atoms with van der Waals surface area (Å²) >= 11 is 1.10. The number of fused-ring (bicyclic) bond motifs is 1. The number of alkyl halides is 3. The summed E-state index contributed by atoms with van der Waals surface area (Å²) in [5.74, 6) is -0.833. The number of hydrogen-bond acceptors (Lipinski definition) is 3. The van der Waals surface area contributed by atoms with Crippen LogP contribution in [0.5, 0.6) is 0 Å². The monoisotopic (exact) mass is 379 g/mol.